The maximum Gasteiger partial charge on any atom is 0.323 e. The third-order valence-corrected chi connectivity index (χ3v) is 1.52. The molecule has 0 aliphatic heterocycles. The fourth-order valence-corrected chi connectivity index (χ4v) is 0.874. The zero-order valence-corrected chi connectivity index (χ0v) is 7.48. The molecule has 3 nitrogen and oxygen atoms in total. The van der Waals surface area contributed by atoms with Crippen molar-refractivity contribution in [3.05, 3.63) is 42.4 Å². The first-order chi connectivity index (χ1) is 7.06. The van der Waals surface area contributed by atoms with E-state index in [1.807, 2.05) is 5.32 Å². The summed E-state index contributed by atoms with van der Waals surface area (Å²) in [7, 11) is 0. The van der Waals surface area contributed by atoms with Crippen molar-refractivity contribution in [3.8, 4) is 0 Å². The minimum absolute atomic E-state index is 0.451. The van der Waals surface area contributed by atoms with Crippen LogP contribution in [0.5, 0.6) is 0 Å². The molecule has 0 saturated carbocycles. The van der Waals surface area contributed by atoms with E-state index in [1.54, 1.807) is 0 Å². The van der Waals surface area contributed by atoms with Gasteiger partial charge in [0.05, 0.1) is 5.69 Å². The number of nitrogens with one attached hydrogen (secondary N) is 2. The van der Waals surface area contributed by atoms with Crippen LogP contribution in [0.3, 0.4) is 0 Å². The highest BCUT2D eigenvalue weighted by molar-refractivity contribution is 5.89. The lowest BCUT2D eigenvalue weighted by molar-refractivity contribution is 0.255. The largest absolute Gasteiger partial charge is 0.323 e. The third kappa shape index (κ3) is 2.49. The van der Waals surface area contributed by atoms with Crippen LogP contribution in [0.15, 0.2) is 24.9 Å². The van der Waals surface area contributed by atoms with Gasteiger partial charge in [-0.15, -0.1) is 0 Å². The van der Waals surface area contributed by atoms with Gasteiger partial charge in [0.25, 0.3) is 0 Å². The van der Waals surface area contributed by atoms with Crippen molar-refractivity contribution < 1.29 is 18.0 Å². The zero-order valence-electron chi connectivity index (χ0n) is 7.48. The minimum Gasteiger partial charge on any atom is -0.315 e. The number of rotatable bonds is 2. The number of benzene rings is 1. The Labute approximate surface area is 83.6 Å². The summed E-state index contributed by atoms with van der Waals surface area (Å²) in [5, 5.41) is 4.06. The summed E-state index contributed by atoms with van der Waals surface area (Å²) < 4.78 is 38.2. The molecule has 0 bridgehead atoms. The summed E-state index contributed by atoms with van der Waals surface area (Å²) in [6, 6.07) is 0.827. The molecule has 0 radical (unpaired) electrons. The molecule has 80 valence electrons. The summed E-state index contributed by atoms with van der Waals surface area (Å²) in [5.41, 5.74) is -0.451. The van der Waals surface area contributed by atoms with E-state index in [2.05, 4.69) is 11.9 Å². The molecule has 15 heavy (non-hydrogen) atoms. The Balaban J connectivity index is 2.91. The molecule has 0 aromatic heterocycles. The average molecular weight is 216 g/mol. The number of hydrogen-bond donors (Lipinski definition) is 2. The van der Waals surface area contributed by atoms with E-state index >= 15 is 0 Å². The summed E-state index contributed by atoms with van der Waals surface area (Å²) in [6.45, 7) is 3.20. The van der Waals surface area contributed by atoms with Gasteiger partial charge in [-0.3, -0.25) is 0 Å². The normalized spacial score (nSPS) is 9.53. The molecule has 0 fully saturated rings. The second kappa shape index (κ2) is 4.50. The molecule has 0 unspecified atom stereocenters. The van der Waals surface area contributed by atoms with Gasteiger partial charge in [-0.25, -0.2) is 18.0 Å². The molecule has 0 aliphatic rings. The van der Waals surface area contributed by atoms with E-state index in [4.69, 9.17) is 0 Å². The van der Waals surface area contributed by atoms with Crippen molar-refractivity contribution >= 4 is 11.7 Å². The van der Waals surface area contributed by atoms with E-state index in [0.717, 1.165) is 12.3 Å². The molecule has 1 aromatic rings. The topological polar surface area (TPSA) is 41.1 Å². The summed E-state index contributed by atoms with van der Waals surface area (Å²) in [5.74, 6) is -4.40. The first-order valence-corrected chi connectivity index (χ1v) is 3.88. The predicted molar refractivity (Wildman–Crippen MR) is 48.7 cm³/mol. The highest BCUT2D eigenvalue weighted by Crippen LogP contribution is 2.19. The predicted octanol–water partition coefficient (Wildman–Crippen LogP) is 2.37. The Morgan fingerprint density at radius 2 is 1.93 bits per heavy atom. The number of halogens is 3. The zero-order chi connectivity index (χ0) is 11.4. The number of hydrogen-bond acceptors (Lipinski definition) is 1. The van der Waals surface area contributed by atoms with Crippen LogP contribution < -0.4 is 10.6 Å². The molecule has 0 heterocycles. The number of urea groups is 1. The van der Waals surface area contributed by atoms with Crippen molar-refractivity contribution in [2.45, 2.75) is 0 Å². The quantitative estimate of drug-likeness (QED) is 0.732. The van der Waals surface area contributed by atoms with Gasteiger partial charge >= 0.3 is 6.03 Å². The van der Waals surface area contributed by atoms with Gasteiger partial charge in [0.15, 0.2) is 17.5 Å². The highest BCUT2D eigenvalue weighted by Gasteiger charge is 2.14. The van der Waals surface area contributed by atoms with Crippen LogP contribution in [0.1, 0.15) is 0 Å². The Morgan fingerprint density at radius 3 is 2.53 bits per heavy atom. The van der Waals surface area contributed by atoms with Crippen LogP contribution in [0.25, 0.3) is 0 Å². The number of anilines is 1. The second-order valence-electron chi connectivity index (χ2n) is 2.53. The van der Waals surface area contributed by atoms with Crippen molar-refractivity contribution in [3.63, 3.8) is 0 Å². The molecule has 6 heteroatoms. The van der Waals surface area contributed by atoms with Crippen LogP contribution in [-0.2, 0) is 0 Å². The van der Waals surface area contributed by atoms with Gasteiger partial charge in [-0.1, -0.05) is 6.58 Å². The molecule has 0 atom stereocenters. The van der Waals surface area contributed by atoms with E-state index in [9.17, 15) is 18.0 Å². The van der Waals surface area contributed by atoms with Crippen LogP contribution in [0, 0.1) is 17.5 Å². The number of carbonyl (C=O) groups is 1. The van der Waals surface area contributed by atoms with Gasteiger partial charge in [-0.05, 0) is 18.3 Å². The van der Waals surface area contributed by atoms with E-state index in [1.165, 1.54) is 0 Å². The van der Waals surface area contributed by atoms with Crippen molar-refractivity contribution in [2.75, 3.05) is 5.32 Å². The highest BCUT2D eigenvalue weighted by atomic mass is 19.2. The Hall–Kier alpha value is -1.98. The summed E-state index contributed by atoms with van der Waals surface area (Å²) in [4.78, 5) is 10.9. The second-order valence-corrected chi connectivity index (χ2v) is 2.53. The number of amides is 2. The van der Waals surface area contributed by atoms with E-state index in [-0.39, 0.29) is 0 Å². The minimum atomic E-state index is -1.63. The fourth-order valence-electron chi connectivity index (χ4n) is 0.874. The molecule has 1 rings (SSSR count). The van der Waals surface area contributed by atoms with Crippen molar-refractivity contribution in [1.82, 2.24) is 5.32 Å². The summed E-state index contributed by atoms with van der Waals surface area (Å²) >= 11 is 0. The smallest absolute Gasteiger partial charge is 0.315 e. The fraction of sp³-hybridized carbons (Fsp3) is 0. The van der Waals surface area contributed by atoms with Crippen LogP contribution in [0.4, 0.5) is 23.7 Å². The molecular formula is C9H7F3N2O. The molecule has 0 aliphatic carbocycles. The third-order valence-electron chi connectivity index (χ3n) is 1.52. The number of carbonyl (C=O) groups excluding carboxylic acids is 1. The van der Waals surface area contributed by atoms with Gasteiger partial charge in [0.2, 0.25) is 0 Å². The first-order valence-electron chi connectivity index (χ1n) is 3.88. The van der Waals surface area contributed by atoms with Gasteiger partial charge in [-0.2, -0.15) is 0 Å². The maximum atomic E-state index is 13.0. The van der Waals surface area contributed by atoms with Crippen LogP contribution in [0.2, 0.25) is 0 Å². The Bertz CT molecular complexity index is 407. The summed E-state index contributed by atoms with van der Waals surface area (Å²) in [6.07, 6.45) is 1.06. The molecule has 2 amide bonds. The average Bonchev–Trinajstić information content (AvgIpc) is 2.20. The SMILES string of the molecule is C=CNC(=O)Nc1ccc(F)c(F)c1F. The van der Waals surface area contributed by atoms with Crippen LogP contribution >= 0.6 is 0 Å². The van der Waals surface area contributed by atoms with Gasteiger partial charge in [0.1, 0.15) is 0 Å². The molecule has 1 aromatic carbocycles. The van der Waals surface area contributed by atoms with Crippen molar-refractivity contribution in [2.24, 2.45) is 0 Å². The molecule has 0 saturated heterocycles. The van der Waals surface area contributed by atoms with E-state index in [0.29, 0.717) is 6.07 Å². The Kier molecular flexibility index (Phi) is 3.33. The van der Waals surface area contributed by atoms with Crippen LogP contribution in [-0.4, -0.2) is 6.03 Å². The lowest BCUT2D eigenvalue weighted by Gasteiger charge is -2.06. The van der Waals surface area contributed by atoms with Gasteiger partial charge in [0, 0.05) is 0 Å². The van der Waals surface area contributed by atoms with Gasteiger partial charge < -0.3 is 10.6 Å². The first kappa shape index (κ1) is 11.1. The monoisotopic (exact) mass is 216 g/mol. The lowest BCUT2D eigenvalue weighted by atomic mass is 10.3. The molecule has 0 spiro atoms. The molecular weight excluding hydrogens is 209 g/mol. The maximum absolute atomic E-state index is 13.0. The van der Waals surface area contributed by atoms with E-state index < -0.39 is 29.2 Å². The Morgan fingerprint density at radius 1 is 1.27 bits per heavy atom. The lowest BCUT2D eigenvalue weighted by Crippen LogP contribution is -2.24. The van der Waals surface area contributed by atoms with Crippen molar-refractivity contribution in [1.29, 1.82) is 0 Å². The molecule has 2 N–H and O–H groups in total. The standard InChI is InChI=1S/C9H7F3N2O/c1-2-13-9(15)14-6-4-3-5(10)7(11)8(6)12/h2-4H,1H2,(H2,13,14,15).